The van der Waals surface area contributed by atoms with Crippen LogP contribution in [0.25, 0.3) is 10.2 Å². The zero-order chi connectivity index (χ0) is 19.1. The second-order valence-corrected chi connectivity index (χ2v) is 8.23. The Balaban J connectivity index is 1.52. The van der Waals surface area contributed by atoms with Crippen LogP contribution < -0.4 is 10.6 Å². The number of fused-ring (bicyclic) bond motifs is 1. The zero-order valence-electron chi connectivity index (χ0n) is 15.5. The summed E-state index contributed by atoms with van der Waals surface area (Å²) in [4.78, 5) is 22.2. The minimum atomic E-state index is -0.276. The van der Waals surface area contributed by atoms with Crippen molar-refractivity contribution < 1.29 is 4.79 Å². The third-order valence-electron chi connectivity index (χ3n) is 5.17. The summed E-state index contributed by atoms with van der Waals surface area (Å²) in [5.74, 6) is 0.847. The quantitative estimate of drug-likeness (QED) is 0.666. The lowest BCUT2D eigenvalue weighted by Crippen LogP contribution is -2.38. The molecular formula is C22H20N4OS. The lowest BCUT2D eigenvalue weighted by atomic mass is 9.86. The molecule has 0 fully saturated rings. The van der Waals surface area contributed by atoms with Crippen molar-refractivity contribution in [3.05, 3.63) is 70.9 Å². The number of guanidine groups is 1. The van der Waals surface area contributed by atoms with Gasteiger partial charge in [-0.25, -0.2) is 9.98 Å². The number of rotatable bonds is 2. The number of carbonyl (C=O) groups excluding carboxylic acids is 1. The number of carbonyl (C=O) groups is 1. The maximum atomic E-state index is 12.7. The smallest absolute Gasteiger partial charge is 0.202 e. The number of hydrogen-bond donors (Lipinski definition) is 2. The van der Waals surface area contributed by atoms with E-state index >= 15 is 0 Å². The molecule has 1 atom stereocenters. The Kier molecular flexibility index (Phi) is 4.20. The third-order valence-corrected chi connectivity index (χ3v) is 6.12. The third kappa shape index (κ3) is 3.10. The number of allylic oxidation sites excluding steroid dienone is 1. The number of anilines is 1. The largest absolute Gasteiger partial charge is 0.329 e. The highest BCUT2D eigenvalue weighted by Gasteiger charge is 2.32. The van der Waals surface area contributed by atoms with Crippen LogP contribution in [0.2, 0.25) is 0 Å². The van der Waals surface area contributed by atoms with E-state index in [1.54, 1.807) is 11.3 Å². The van der Waals surface area contributed by atoms with Gasteiger partial charge in [-0.05, 0) is 37.5 Å². The van der Waals surface area contributed by atoms with Crippen molar-refractivity contribution in [1.29, 1.82) is 0 Å². The molecule has 0 saturated heterocycles. The molecule has 1 aromatic heterocycles. The summed E-state index contributed by atoms with van der Waals surface area (Å²) in [6.07, 6.45) is 2.34. The van der Waals surface area contributed by atoms with E-state index in [-0.39, 0.29) is 11.8 Å². The first-order valence-corrected chi connectivity index (χ1v) is 10.3. The van der Waals surface area contributed by atoms with E-state index in [0.29, 0.717) is 12.4 Å². The average molecular weight is 388 g/mol. The number of ketones is 1. The molecule has 6 heteroatoms. The lowest BCUT2D eigenvalue weighted by Gasteiger charge is -2.30. The number of aryl methyl sites for hydroxylation is 1. The number of hydrogen-bond acceptors (Lipinski definition) is 6. The molecule has 0 unspecified atom stereocenters. The van der Waals surface area contributed by atoms with Gasteiger partial charge in [0.15, 0.2) is 10.9 Å². The van der Waals surface area contributed by atoms with Gasteiger partial charge >= 0.3 is 0 Å². The van der Waals surface area contributed by atoms with Crippen LogP contribution in [0.15, 0.2) is 64.8 Å². The molecular weight excluding hydrogens is 368 g/mol. The summed E-state index contributed by atoms with van der Waals surface area (Å²) in [6, 6.07) is 16.1. The van der Waals surface area contributed by atoms with Gasteiger partial charge in [0.25, 0.3) is 0 Å². The number of Topliss-reactive ketones (excluding diaryl/α,β-unsaturated/α-hetero) is 1. The van der Waals surface area contributed by atoms with E-state index in [2.05, 4.69) is 52.9 Å². The number of aromatic nitrogens is 1. The number of benzene rings is 2. The summed E-state index contributed by atoms with van der Waals surface area (Å²) in [6.45, 7) is 2.06. The van der Waals surface area contributed by atoms with E-state index in [1.165, 1.54) is 5.56 Å². The van der Waals surface area contributed by atoms with Gasteiger partial charge in [-0.3, -0.25) is 4.79 Å². The van der Waals surface area contributed by atoms with E-state index in [4.69, 9.17) is 4.99 Å². The van der Waals surface area contributed by atoms with Crippen molar-refractivity contribution in [2.45, 2.75) is 32.2 Å². The molecule has 2 aliphatic rings. The van der Waals surface area contributed by atoms with Gasteiger partial charge in [0.2, 0.25) is 5.96 Å². The Morgan fingerprint density at radius 2 is 1.93 bits per heavy atom. The van der Waals surface area contributed by atoms with Crippen molar-refractivity contribution in [3.63, 3.8) is 0 Å². The fourth-order valence-corrected chi connectivity index (χ4v) is 4.62. The Hall–Kier alpha value is -2.99. The van der Waals surface area contributed by atoms with E-state index in [9.17, 15) is 4.79 Å². The van der Waals surface area contributed by atoms with Crippen LogP contribution in [0, 0.1) is 6.92 Å². The van der Waals surface area contributed by atoms with Crippen LogP contribution >= 0.6 is 11.3 Å². The predicted molar refractivity (Wildman–Crippen MR) is 114 cm³/mol. The van der Waals surface area contributed by atoms with Gasteiger partial charge in [0.1, 0.15) is 6.04 Å². The maximum absolute atomic E-state index is 12.7. The Morgan fingerprint density at radius 3 is 2.75 bits per heavy atom. The van der Waals surface area contributed by atoms with Gasteiger partial charge in [-0.15, -0.1) is 0 Å². The Labute approximate surface area is 167 Å². The normalized spacial score (nSPS) is 19.2. The summed E-state index contributed by atoms with van der Waals surface area (Å²) < 4.78 is 1.13. The summed E-state index contributed by atoms with van der Waals surface area (Å²) in [5, 5.41) is 7.48. The summed E-state index contributed by atoms with van der Waals surface area (Å²) in [7, 11) is 0. The molecule has 28 heavy (non-hydrogen) atoms. The lowest BCUT2D eigenvalue weighted by molar-refractivity contribution is -0.116. The van der Waals surface area contributed by atoms with Crippen molar-refractivity contribution in [3.8, 4) is 0 Å². The van der Waals surface area contributed by atoms with Crippen molar-refractivity contribution in [1.82, 2.24) is 10.3 Å². The fraction of sp³-hybridized carbons (Fsp3) is 0.227. The van der Waals surface area contributed by atoms with E-state index in [1.807, 2.05) is 18.2 Å². The number of nitrogens with zero attached hydrogens (tertiary/aromatic N) is 2. The minimum absolute atomic E-state index is 0.196. The van der Waals surface area contributed by atoms with Crippen molar-refractivity contribution >= 4 is 38.4 Å². The van der Waals surface area contributed by atoms with Crippen LogP contribution in [0.1, 0.15) is 36.4 Å². The van der Waals surface area contributed by atoms with Crippen LogP contribution in [0.5, 0.6) is 0 Å². The highest BCUT2D eigenvalue weighted by Crippen LogP contribution is 2.36. The maximum Gasteiger partial charge on any atom is 0.202 e. The van der Waals surface area contributed by atoms with Crippen molar-refractivity contribution in [2.75, 3.05) is 5.32 Å². The van der Waals surface area contributed by atoms with Gasteiger partial charge in [0, 0.05) is 17.7 Å². The van der Waals surface area contributed by atoms with Crippen LogP contribution in [0.4, 0.5) is 5.13 Å². The Morgan fingerprint density at radius 1 is 1.11 bits per heavy atom. The fourth-order valence-electron chi connectivity index (χ4n) is 3.76. The topological polar surface area (TPSA) is 66.4 Å². The number of aliphatic imine (C=N–C) groups is 1. The predicted octanol–water partition coefficient (Wildman–Crippen LogP) is 4.72. The first-order chi connectivity index (χ1) is 13.7. The summed E-state index contributed by atoms with van der Waals surface area (Å²) >= 11 is 1.59. The molecule has 1 aliphatic carbocycles. The van der Waals surface area contributed by atoms with Crippen molar-refractivity contribution in [2.24, 2.45) is 4.99 Å². The molecule has 0 spiro atoms. The molecule has 0 amide bonds. The molecule has 2 aromatic carbocycles. The molecule has 2 heterocycles. The molecule has 1 aliphatic heterocycles. The highest BCUT2D eigenvalue weighted by molar-refractivity contribution is 7.22. The zero-order valence-corrected chi connectivity index (χ0v) is 16.3. The second-order valence-electron chi connectivity index (χ2n) is 7.20. The Bertz CT molecular complexity index is 1090. The number of nitrogens with one attached hydrogen (secondary N) is 2. The molecule has 0 saturated carbocycles. The second kappa shape index (κ2) is 6.87. The first kappa shape index (κ1) is 17.1. The number of para-hydroxylation sites is 1. The molecule has 0 radical (unpaired) electrons. The first-order valence-electron chi connectivity index (χ1n) is 9.47. The van der Waals surface area contributed by atoms with Gasteiger partial charge in [0.05, 0.1) is 10.2 Å². The van der Waals surface area contributed by atoms with Gasteiger partial charge < -0.3 is 10.6 Å². The molecule has 0 bridgehead atoms. The standard InChI is InChI=1S/C22H20N4OS/c1-13-9-11-14(12-10-13)20-19-16(6-4-7-17(19)27)23-21(25-20)26-22-24-15-5-2-3-8-18(15)28-22/h2-3,5,8-12,20H,4,6-7H2,1H3,(H2,23,24,25,26)/t20-/m0/s1. The molecule has 5 nitrogen and oxygen atoms in total. The van der Waals surface area contributed by atoms with Gasteiger partial charge in [-0.2, -0.15) is 0 Å². The van der Waals surface area contributed by atoms with Crippen LogP contribution in [0.3, 0.4) is 0 Å². The minimum Gasteiger partial charge on any atom is -0.329 e. The van der Waals surface area contributed by atoms with Gasteiger partial charge in [-0.1, -0.05) is 53.3 Å². The highest BCUT2D eigenvalue weighted by atomic mass is 32.1. The molecule has 3 aromatic rings. The average Bonchev–Trinajstić information content (AvgIpc) is 3.10. The van der Waals surface area contributed by atoms with E-state index < -0.39 is 0 Å². The van der Waals surface area contributed by atoms with E-state index in [0.717, 1.165) is 45.0 Å². The molecule has 5 rings (SSSR count). The molecule has 2 N–H and O–H groups in total. The monoisotopic (exact) mass is 388 g/mol. The SMILES string of the molecule is Cc1ccc([C@@H]2N=C(Nc3nc4ccccc4s3)NC3=C2C(=O)CCC3)cc1. The summed E-state index contributed by atoms with van der Waals surface area (Å²) in [5.41, 5.74) is 5.00. The van der Waals surface area contributed by atoms with Crippen LogP contribution in [-0.4, -0.2) is 16.7 Å². The van der Waals surface area contributed by atoms with Crippen LogP contribution in [-0.2, 0) is 4.79 Å². The number of thiazole rings is 1. The molecule has 140 valence electrons.